The number of nitrogens with one attached hydrogen (secondary N) is 2. The fourth-order valence-corrected chi connectivity index (χ4v) is 2.92. The maximum atomic E-state index is 12.1. The average molecular weight is 382 g/mol. The molecule has 0 aliphatic carbocycles. The van der Waals surface area contributed by atoms with Crippen LogP contribution in [0.4, 0.5) is 8.78 Å². The highest BCUT2D eigenvalue weighted by molar-refractivity contribution is 7.12. The summed E-state index contributed by atoms with van der Waals surface area (Å²) in [6, 6.07) is 9.42. The van der Waals surface area contributed by atoms with Crippen LogP contribution in [0.15, 0.2) is 41.8 Å². The zero-order valence-corrected chi connectivity index (χ0v) is 15.0. The van der Waals surface area contributed by atoms with Crippen molar-refractivity contribution in [3.05, 3.63) is 52.2 Å². The smallest absolute Gasteiger partial charge is 0.387 e. The number of rotatable bonds is 9. The monoisotopic (exact) mass is 382 g/mol. The van der Waals surface area contributed by atoms with Crippen molar-refractivity contribution in [3.63, 3.8) is 0 Å². The van der Waals surface area contributed by atoms with Crippen LogP contribution in [0.3, 0.4) is 0 Å². The van der Waals surface area contributed by atoms with Crippen molar-refractivity contribution < 1.29 is 23.1 Å². The van der Waals surface area contributed by atoms with Crippen molar-refractivity contribution >= 4 is 23.2 Å². The number of hydrogen-bond donors (Lipinski definition) is 2. The van der Waals surface area contributed by atoms with Crippen LogP contribution in [0, 0.1) is 0 Å². The molecule has 1 atom stereocenters. The summed E-state index contributed by atoms with van der Waals surface area (Å²) in [5.41, 5.74) is 0.783. The third kappa shape index (κ3) is 6.44. The molecular formula is C18H20F2N2O3S. The van der Waals surface area contributed by atoms with Crippen molar-refractivity contribution in [2.45, 2.75) is 32.4 Å². The topological polar surface area (TPSA) is 67.4 Å². The van der Waals surface area contributed by atoms with Crippen LogP contribution in [-0.4, -0.2) is 25.0 Å². The number of alkyl halides is 2. The van der Waals surface area contributed by atoms with E-state index in [1.807, 2.05) is 5.38 Å². The Morgan fingerprint density at radius 3 is 2.54 bits per heavy atom. The van der Waals surface area contributed by atoms with Crippen LogP contribution in [0.2, 0.25) is 0 Å². The van der Waals surface area contributed by atoms with Gasteiger partial charge in [-0.3, -0.25) is 9.59 Å². The predicted octanol–water partition coefficient (Wildman–Crippen LogP) is 3.74. The number of halogens is 2. The van der Waals surface area contributed by atoms with Gasteiger partial charge in [-0.05, 0) is 42.5 Å². The van der Waals surface area contributed by atoms with E-state index in [1.54, 1.807) is 31.2 Å². The number of ether oxygens (including phenoxy) is 1. The first-order valence-electron chi connectivity index (χ1n) is 8.11. The van der Waals surface area contributed by atoms with Crippen molar-refractivity contribution in [2.75, 3.05) is 6.54 Å². The first kappa shape index (κ1) is 19.8. The van der Waals surface area contributed by atoms with Gasteiger partial charge in [0.15, 0.2) is 0 Å². The lowest BCUT2D eigenvalue weighted by molar-refractivity contribution is -0.121. The summed E-state index contributed by atoms with van der Waals surface area (Å²) in [5.74, 6) is -0.209. The molecule has 0 saturated heterocycles. The molecule has 1 aromatic heterocycles. The molecule has 0 aliphatic rings. The second-order valence-corrected chi connectivity index (χ2v) is 6.52. The summed E-state index contributed by atoms with van der Waals surface area (Å²) >= 11 is 1.36. The fraction of sp³-hybridized carbons (Fsp3) is 0.333. The van der Waals surface area contributed by atoms with Gasteiger partial charge in [-0.15, -0.1) is 11.3 Å². The molecule has 2 N–H and O–H groups in total. The van der Waals surface area contributed by atoms with Gasteiger partial charge in [-0.1, -0.05) is 18.2 Å². The maximum absolute atomic E-state index is 12.1. The molecule has 2 amide bonds. The lowest BCUT2D eigenvalue weighted by atomic mass is 10.1. The van der Waals surface area contributed by atoms with Gasteiger partial charge >= 0.3 is 6.61 Å². The molecular weight excluding hydrogens is 362 g/mol. The van der Waals surface area contributed by atoms with E-state index in [1.165, 1.54) is 23.5 Å². The Morgan fingerprint density at radius 1 is 1.19 bits per heavy atom. The molecule has 0 spiro atoms. The van der Waals surface area contributed by atoms with Crippen LogP contribution < -0.4 is 15.4 Å². The highest BCUT2D eigenvalue weighted by Crippen LogP contribution is 2.19. The van der Waals surface area contributed by atoms with Crippen LogP contribution in [0.5, 0.6) is 5.75 Å². The Labute approximate surface area is 154 Å². The molecule has 2 rings (SSSR count). The summed E-state index contributed by atoms with van der Waals surface area (Å²) in [5, 5.41) is 7.43. The summed E-state index contributed by atoms with van der Waals surface area (Å²) in [4.78, 5) is 24.4. The van der Waals surface area contributed by atoms with Crippen molar-refractivity contribution in [1.82, 2.24) is 10.6 Å². The van der Waals surface area contributed by atoms with Gasteiger partial charge in [0.1, 0.15) is 5.75 Å². The standard InChI is InChI=1S/C18H20F2N2O3S/c1-12(13-6-8-14(9-7-13)25-18(19)20)22-16(23)5-2-10-21-17(24)15-4-3-11-26-15/h3-4,6-9,11-12,18H,2,5,10H2,1H3,(H,21,24)(H,22,23). The van der Waals surface area contributed by atoms with Gasteiger partial charge in [-0.2, -0.15) is 8.78 Å². The molecule has 1 unspecified atom stereocenters. The predicted molar refractivity (Wildman–Crippen MR) is 95.5 cm³/mol. The van der Waals surface area contributed by atoms with Crippen molar-refractivity contribution in [1.29, 1.82) is 0 Å². The molecule has 8 heteroatoms. The highest BCUT2D eigenvalue weighted by Gasteiger charge is 2.11. The molecule has 0 bridgehead atoms. The molecule has 0 saturated carbocycles. The van der Waals surface area contributed by atoms with Crippen molar-refractivity contribution in [3.8, 4) is 5.75 Å². The number of amides is 2. The van der Waals surface area contributed by atoms with Crippen LogP contribution >= 0.6 is 11.3 Å². The van der Waals surface area contributed by atoms with Crippen LogP contribution in [0.25, 0.3) is 0 Å². The Hall–Kier alpha value is -2.48. The second kappa shape index (κ2) is 9.86. The fourth-order valence-electron chi connectivity index (χ4n) is 2.28. The number of carbonyl (C=O) groups is 2. The highest BCUT2D eigenvalue weighted by atomic mass is 32.1. The number of carbonyl (C=O) groups excluding carboxylic acids is 2. The third-order valence-electron chi connectivity index (χ3n) is 3.59. The largest absolute Gasteiger partial charge is 0.435 e. The van der Waals surface area contributed by atoms with Gasteiger partial charge in [0.05, 0.1) is 10.9 Å². The summed E-state index contributed by atoms with van der Waals surface area (Å²) in [6.07, 6.45) is 0.804. The molecule has 1 aromatic carbocycles. The summed E-state index contributed by atoms with van der Waals surface area (Å²) in [7, 11) is 0. The molecule has 0 radical (unpaired) electrons. The van der Waals surface area contributed by atoms with Gasteiger partial charge in [0, 0.05) is 13.0 Å². The van der Waals surface area contributed by atoms with Gasteiger partial charge in [0.2, 0.25) is 5.91 Å². The summed E-state index contributed by atoms with van der Waals surface area (Å²) < 4.78 is 28.5. The lowest BCUT2D eigenvalue weighted by Gasteiger charge is -2.15. The SMILES string of the molecule is CC(NC(=O)CCCNC(=O)c1cccs1)c1ccc(OC(F)F)cc1. The molecule has 0 aliphatic heterocycles. The number of thiophene rings is 1. The molecule has 0 fully saturated rings. The van der Waals surface area contributed by atoms with Gasteiger partial charge < -0.3 is 15.4 Å². The Bertz CT molecular complexity index is 706. The first-order valence-corrected chi connectivity index (χ1v) is 8.99. The minimum absolute atomic E-state index is 0.0729. The van der Waals surface area contributed by atoms with E-state index in [0.717, 1.165) is 5.56 Å². The Morgan fingerprint density at radius 2 is 1.92 bits per heavy atom. The van der Waals surface area contributed by atoms with E-state index in [0.29, 0.717) is 17.8 Å². The Balaban J connectivity index is 1.69. The molecule has 1 heterocycles. The van der Waals surface area contributed by atoms with Gasteiger partial charge in [-0.25, -0.2) is 0 Å². The zero-order chi connectivity index (χ0) is 18.9. The first-order chi connectivity index (χ1) is 12.5. The molecule has 2 aromatic rings. The zero-order valence-electron chi connectivity index (χ0n) is 14.2. The maximum Gasteiger partial charge on any atom is 0.387 e. The van der Waals surface area contributed by atoms with E-state index in [9.17, 15) is 18.4 Å². The minimum Gasteiger partial charge on any atom is -0.435 e. The Kier molecular flexibility index (Phi) is 7.53. The molecule has 140 valence electrons. The van der Waals surface area contributed by atoms with Crippen LogP contribution in [-0.2, 0) is 4.79 Å². The third-order valence-corrected chi connectivity index (χ3v) is 4.46. The van der Waals surface area contributed by atoms with E-state index < -0.39 is 6.61 Å². The van der Waals surface area contributed by atoms with Crippen LogP contribution in [0.1, 0.15) is 41.0 Å². The van der Waals surface area contributed by atoms with E-state index >= 15 is 0 Å². The number of benzene rings is 1. The van der Waals surface area contributed by atoms with E-state index in [-0.39, 0.29) is 30.0 Å². The quantitative estimate of drug-likeness (QED) is 0.650. The molecule has 26 heavy (non-hydrogen) atoms. The minimum atomic E-state index is -2.86. The summed E-state index contributed by atoms with van der Waals surface area (Å²) in [6.45, 7) is -0.643. The number of hydrogen-bond acceptors (Lipinski definition) is 4. The van der Waals surface area contributed by atoms with Gasteiger partial charge in [0.25, 0.3) is 5.91 Å². The normalized spacial score (nSPS) is 11.8. The lowest BCUT2D eigenvalue weighted by Crippen LogP contribution is -2.28. The van der Waals surface area contributed by atoms with E-state index in [4.69, 9.17) is 0 Å². The molecule has 5 nitrogen and oxygen atoms in total. The van der Waals surface area contributed by atoms with E-state index in [2.05, 4.69) is 15.4 Å². The second-order valence-electron chi connectivity index (χ2n) is 5.57. The van der Waals surface area contributed by atoms with Crippen molar-refractivity contribution in [2.24, 2.45) is 0 Å². The average Bonchev–Trinajstić information content (AvgIpc) is 3.13.